The van der Waals surface area contributed by atoms with Crippen LogP contribution in [0.15, 0.2) is 0 Å². The second-order valence-corrected chi connectivity index (χ2v) is 6.94. The Morgan fingerprint density at radius 1 is 1.40 bits per heavy atom. The molecule has 2 atom stereocenters. The van der Waals surface area contributed by atoms with Gasteiger partial charge in [0.05, 0.1) is 0 Å². The van der Waals surface area contributed by atoms with E-state index in [9.17, 15) is 4.79 Å². The van der Waals surface area contributed by atoms with Crippen molar-refractivity contribution in [1.29, 1.82) is 0 Å². The highest BCUT2D eigenvalue weighted by molar-refractivity contribution is 5.67. The molecule has 0 saturated carbocycles. The summed E-state index contributed by atoms with van der Waals surface area (Å²) in [7, 11) is 0. The van der Waals surface area contributed by atoms with Crippen LogP contribution in [0.5, 0.6) is 0 Å². The van der Waals surface area contributed by atoms with Crippen LogP contribution < -0.4 is 16.0 Å². The Hall–Kier alpha value is -0.810. The summed E-state index contributed by atoms with van der Waals surface area (Å²) in [6.45, 7) is 12.7. The van der Waals surface area contributed by atoms with E-state index in [-0.39, 0.29) is 12.1 Å². The number of ether oxygens (including phenoxy) is 1. The van der Waals surface area contributed by atoms with Crippen LogP contribution in [-0.2, 0) is 4.74 Å². The standard InChI is InChI=1S/C15H31N3O2/c1-11(2)13(18-12-7-6-8-16-9-12)10-17-14(19)20-15(3,4)5/h11-13,16,18H,6-10H2,1-5H3,(H,17,19). The summed E-state index contributed by atoms with van der Waals surface area (Å²) >= 11 is 0. The average Bonchev–Trinajstić information content (AvgIpc) is 2.33. The molecule has 1 fully saturated rings. The van der Waals surface area contributed by atoms with E-state index >= 15 is 0 Å². The van der Waals surface area contributed by atoms with Crippen LogP contribution in [0.3, 0.4) is 0 Å². The molecule has 1 rings (SSSR count). The first-order valence-corrected chi connectivity index (χ1v) is 7.71. The van der Waals surface area contributed by atoms with Gasteiger partial charge in [-0.1, -0.05) is 13.8 Å². The van der Waals surface area contributed by atoms with Crippen molar-refractivity contribution in [3.63, 3.8) is 0 Å². The Bertz CT molecular complexity index is 294. The van der Waals surface area contributed by atoms with E-state index in [4.69, 9.17) is 4.74 Å². The van der Waals surface area contributed by atoms with Crippen LogP contribution in [0.25, 0.3) is 0 Å². The zero-order chi connectivity index (χ0) is 15.2. The Kier molecular flexibility index (Phi) is 6.76. The summed E-state index contributed by atoms with van der Waals surface area (Å²) in [5.41, 5.74) is -0.446. The molecule has 20 heavy (non-hydrogen) atoms. The van der Waals surface area contributed by atoms with Gasteiger partial charge in [0.2, 0.25) is 0 Å². The van der Waals surface area contributed by atoms with Gasteiger partial charge in [-0.2, -0.15) is 0 Å². The average molecular weight is 285 g/mol. The number of hydrogen-bond acceptors (Lipinski definition) is 4. The molecular weight excluding hydrogens is 254 g/mol. The molecule has 0 spiro atoms. The summed E-state index contributed by atoms with van der Waals surface area (Å²) in [5.74, 6) is 0.465. The highest BCUT2D eigenvalue weighted by Crippen LogP contribution is 2.09. The molecule has 0 aliphatic carbocycles. The summed E-state index contributed by atoms with van der Waals surface area (Å²) in [6.07, 6.45) is 2.07. The van der Waals surface area contributed by atoms with Gasteiger partial charge in [-0.25, -0.2) is 4.79 Å². The van der Waals surface area contributed by atoms with Crippen molar-refractivity contribution < 1.29 is 9.53 Å². The molecule has 2 unspecified atom stereocenters. The topological polar surface area (TPSA) is 62.4 Å². The lowest BCUT2D eigenvalue weighted by atomic mass is 10.0. The number of carbonyl (C=O) groups is 1. The first-order valence-electron chi connectivity index (χ1n) is 7.71. The van der Waals surface area contributed by atoms with Gasteiger partial charge in [-0.05, 0) is 46.1 Å². The van der Waals surface area contributed by atoms with Crippen molar-refractivity contribution in [2.24, 2.45) is 5.92 Å². The van der Waals surface area contributed by atoms with Crippen molar-refractivity contribution in [2.45, 2.75) is 65.1 Å². The molecule has 0 aromatic heterocycles. The van der Waals surface area contributed by atoms with E-state index in [1.807, 2.05) is 20.8 Å². The Morgan fingerprint density at radius 2 is 2.10 bits per heavy atom. The normalized spacial score (nSPS) is 21.6. The van der Waals surface area contributed by atoms with E-state index in [2.05, 4.69) is 29.8 Å². The Labute approximate surface area is 123 Å². The summed E-state index contributed by atoms with van der Waals surface area (Å²) < 4.78 is 5.27. The third-order valence-corrected chi connectivity index (χ3v) is 3.42. The van der Waals surface area contributed by atoms with Gasteiger partial charge in [0.25, 0.3) is 0 Å². The van der Waals surface area contributed by atoms with Gasteiger partial charge < -0.3 is 20.7 Å². The van der Waals surface area contributed by atoms with Crippen LogP contribution in [0, 0.1) is 5.92 Å². The van der Waals surface area contributed by atoms with Gasteiger partial charge in [-0.15, -0.1) is 0 Å². The third-order valence-electron chi connectivity index (χ3n) is 3.42. The minimum absolute atomic E-state index is 0.271. The maximum absolute atomic E-state index is 11.7. The Morgan fingerprint density at radius 3 is 2.60 bits per heavy atom. The van der Waals surface area contributed by atoms with E-state index in [1.165, 1.54) is 12.8 Å². The third kappa shape index (κ3) is 7.10. The van der Waals surface area contributed by atoms with Gasteiger partial charge >= 0.3 is 6.09 Å². The molecule has 118 valence electrons. The highest BCUT2D eigenvalue weighted by atomic mass is 16.6. The van der Waals surface area contributed by atoms with Crippen LogP contribution in [0.4, 0.5) is 4.79 Å². The summed E-state index contributed by atoms with van der Waals surface area (Å²) in [5, 5.41) is 9.91. The molecule has 1 amide bonds. The molecule has 1 heterocycles. The molecule has 0 bridgehead atoms. The molecule has 5 nitrogen and oxygen atoms in total. The van der Waals surface area contributed by atoms with E-state index in [0.29, 0.717) is 18.5 Å². The molecule has 0 aromatic carbocycles. The summed E-state index contributed by atoms with van der Waals surface area (Å²) in [6, 6.07) is 0.768. The van der Waals surface area contributed by atoms with Crippen molar-refractivity contribution >= 4 is 6.09 Å². The second-order valence-electron chi connectivity index (χ2n) is 6.94. The molecule has 0 radical (unpaired) electrons. The largest absolute Gasteiger partial charge is 0.444 e. The maximum Gasteiger partial charge on any atom is 0.407 e. The molecule has 5 heteroatoms. The first kappa shape index (κ1) is 17.2. The van der Waals surface area contributed by atoms with Gasteiger partial charge in [0.15, 0.2) is 0 Å². The molecule has 1 aliphatic rings. The monoisotopic (exact) mass is 285 g/mol. The molecule has 3 N–H and O–H groups in total. The number of hydrogen-bond donors (Lipinski definition) is 3. The molecular formula is C15H31N3O2. The van der Waals surface area contributed by atoms with Gasteiger partial charge in [0, 0.05) is 25.2 Å². The number of alkyl carbamates (subject to hydrolysis) is 1. The first-order chi connectivity index (χ1) is 9.28. The molecule has 1 aliphatic heterocycles. The summed E-state index contributed by atoms with van der Waals surface area (Å²) in [4.78, 5) is 11.7. The second kappa shape index (κ2) is 7.84. The van der Waals surface area contributed by atoms with Crippen LogP contribution >= 0.6 is 0 Å². The van der Waals surface area contributed by atoms with Crippen LogP contribution in [-0.4, -0.2) is 43.4 Å². The lowest BCUT2D eigenvalue weighted by molar-refractivity contribution is 0.0518. The Balaban J connectivity index is 2.36. The van der Waals surface area contributed by atoms with Crippen molar-refractivity contribution in [3.05, 3.63) is 0 Å². The smallest absolute Gasteiger partial charge is 0.407 e. The number of carbonyl (C=O) groups excluding carboxylic acids is 1. The number of amides is 1. The van der Waals surface area contributed by atoms with Crippen LogP contribution in [0.2, 0.25) is 0 Å². The lowest BCUT2D eigenvalue weighted by Crippen LogP contribution is -2.53. The zero-order valence-corrected chi connectivity index (χ0v) is 13.6. The number of rotatable bonds is 5. The highest BCUT2D eigenvalue weighted by Gasteiger charge is 2.22. The fourth-order valence-corrected chi connectivity index (χ4v) is 2.29. The predicted molar refractivity (Wildman–Crippen MR) is 81.9 cm³/mol. The van der Waals surface area contributed by atoms with E-state index in [1.54, 1.807) is 0 Å². The van der Waals surface area contributed by atoms with Crippen molar-refractivity contribution in [3.8, 4) is 0 Å². The van der Waals surface area contributed by atoms with E-state index < -0.39 is 5.60 Å². The molecule has 0 aromatic rings. The fourth-order valence-electron chi connectivity index (χ4n) is 2.29. The van der Waals surface area contributed by atoms with Gasteiger partial charge in [-0.3, -0.25) is 0 Å². The van der Waals surface area contributed by atoms with Crippen molar-refractivity contribution in [2.75, 3.05) is 19.6 Å². The SMILES string of the molecule is CC(C)C(CNC(=O)OC(C)(C)C)NC1CCCNC1. The minimum Gasteiger partial charge on any atom is -0.444 e. The number of nitrogens with one attached hydrogen (secondary N) is 3. The zero-order valence-electron chi connectivity index (χ0n) is 13.6. The fraction of sp³-hybridized carbons (Fsp3) is 0.933. The minimum atomic E-state index is -0.446. The quantitative estimate of drug-likeness (QED) is 0.722. The molecule has 1 saturated heterocycles. The van der Waals surface area contributed by atoms with E-state index in [0.717, 1.165) is 13.1 Å². The van der Waals surface area contributed by atoms with Gasteiger partial charge in [0.1, 0.15) is 5.60 Å². The number of piperidine rings is 1. The maximum atomic E-state index is 11.7. The van der Waals surface area contributed by atoms with Crippen molar-refractivity contribution in [1.82, 2.24) is 16.0 Å². The van der Waals surface area contributed by atoms with Crippen LogP contribution in [0.1, 0.15) is 47.5 Å². The predicted octanol–water partition coefficient (Wildman–Crippen LogP) is 1.88. The lowest BCUT2D eigenvalue weighted by Gasteiger charge is -2.31.